The Morgan fingerprint density at radius 3 is 2.53 bits per heavy atom. The lowest BCUT2D eigenvalue weighted by molar-refractivity contribution is -0.911. The van der Waals surface area contributed by atoms with Crippen LogP contribution in [0.1, 0.15) is 45.3 Å². The number of rotatable bonds is 6. The van der Waals surface area contributed by atoms with Crippen LogP contribution in [0.3, 0.4) is 0 Å². The van der Waals surface area contributed by atoms with Gasteiger partial charge in [-0.15, -0.1) is 0 Å². The van der Waals surface area contributed by atoms with Crippen LogP contribution in [0.15, 0.2) is 42.6 Å². The van der Waals surface area contributed by atoms with Gasteiger partial charge in [-0.3, -0.25) is 9.59 Å². The van der Waals surface area contributed by atoms with Crippen molar-refractivity contribution in [3.05, 3.63) is 54.1 Å². The molecule has 1 aromatic heterocycles. The second-order valence-electron chi connectivity index (χ2n) is 9.03. The van der Waals surface area contributed by atoms with Gasteiger partial charge in [0.2, 0.25) is 5.91 Å². The minimum absolute atomic E-state index is 0.0344. The fraction of sp³-hybridized carbons (Fsp3) is 0.478. The number of aryl methyl sites for hydroxylation is 1. The molecule has 2 aromatic rings. The lowest BCUT2D eigenvalue weighted by Crippen LogP contribution is -3.11. The van der Waals surface area contributed by atoms with E-state index in [0.717, 1.165) is 19.4 Å². The molecule has 1 unspecified atom stereocenters. The summed E-state index contributed by atoms with van der Waals surface area (Å²) >= 11 is 0. The van der Waals surface area contributed by atoms with E-state index in [2.05, 4.69) is 16.0 Å². The highest BCUT2D eigenvalue weighted by Crippen LogP contribution is 2.20. The second kappa shape index (κ2) is 9.00. The first-order chi connectivity index (χ1) is 14.1. The molecule has 1 saturated heterocycles. The smallest absolute Gasteiger partial charge is 0.278 e. The van der Waals surface area contributed by atoms with Gasteiger partial charge in [-0.1, -0.05) is 0 Å². The van der Waals surface area contributed by atoms with Gasteiger partial charge in [0, 0.05) is 37.3 Å². The van der Waals surface area contributed by atoms with Gasteiger partial charge in [0.05, 0.1) is 12.2 Å². The molecule has 1 fully saturated rings. The fourth-order valence-electron chi connectivity index (χ4n) is 4.18. The van der Waals surface area contributed by atoms with Crippen LogP contribution in [0.5, 0.6) is 0 Å². The normalized spacial score (nSPS) is 19.0. The summed E-state index contributed by atoms with van der Waals surface area (Å²) in [5.41, 5.74) is 1.26. The molecule has 2 heterocycles. The first-order valence-corrected chi connectivity index (χ1v) is 10.5. The minimum atomic E-state index is -0.489. The number of nitrogens with zero attached hydrogens (tertiary/aromatic N) is 2. The zero-order valence-corrected chi connectivity index (χ0v) is 18.2. The highest BCUT2D eigenvalue weighted by atomic mass is 19.1. The van der Waals surface area contributed by atoms with Crippen LogP contribution in [-0.2, 0) is 16.6 Å². The fourth-order valence-corrected chi connectivity index (χ4v) is 4.18. The van der Waals surface area contributed by atoms with Crippen molar-refractivity contribution in [2.45, 2.75) is 45.2 Å². The van der Waals surface area contributed by atoms with Gasteiger partial charge in [-0.25, -0.2) is 4.39 Å². The third-order valence-corrected chi connectivity index (χ3v) is 5.74. The Bertz CT molecular complexity index is 885. The summed E-state index contributed by atoms with van der Waals surface area (Å²) < 4.78 is 15.2. The number of anilines is 1. The average Bonchev–Trinajstić information content (AvgIpc) is 3.29. The maximum Gasteiger partial charge on any atom is 0.278 e. The van der Waals surface area contributed by atoms with Crippen LogP contribution in [0.2, 0.25) is 0 Å². The molecule has 1 aliphatic rings. The molecular weight excluding hydrogens is 383 g/mol. The number of benzene rings is 1. The monoisotopic (exact) mass is 415 g/mol. The third-order valence-electron chi connectivity index (χ3n) is 5.74. The Kier molecular flexibility index (Phi) is 6.61. The molecule has 0 aliphatic carbocycles. The van der Waals surface area contributed by atoms with Crippen LogP contribution in [0.25, 0.3) is 0 Å². The van der Waals surface area contributed by atoms with Gasteiger partial charge < -0.3 is 19.7 Å². The van der Waals surface area contributed by atoms with E-state index >= 15 is 0 Å². The number of halogens is 1. The number of carbonyl (C=O) groups excluding carboxylic acids is 2. The zero-order chi connectivity index (χ0) is 21.9. The van der Waals surface area contributed by atoms with E-state index in [-0.39, 0.29) is 24.2 Å². The molecule has 2 atom stereocenters. The molecule has 162 valence electrons. The maximum atomic E-state index is 13.2. The highest BCUT2D eigenvalue weighted by Gasteiger charge is 2.36. The minimum Gasteiger partial charge on any atom is -0.350 e. The summed E-state index contributed by atoms with van der Waals surface area (Å²) in [5.74, 6) is -0.686. The van der Waals surface area contributed by atoms with Crippen molar-refractivity contribution in [3.63, 3.8) is 0 Å². The number of carbonyl (C=O) groups is 2. The summed E-state index contributed by atoms with van der Waals surface area (Å²) in [6, 6.07) is 10.1. The number of hydrogen-bond donors (Lipinski definition) is 2. The Hall–Kier alpha value is -2.67. The summed E-state index contributed by atoms with van der Waals surface area (Å²) in [5, 5.41) is 2.75. The molecule has 30 heavy (non-hydrogen) atoms. The van der Waals surface area contributed by atoms with Crippen molar-refractivity contribution in [1.29, 1.82) is 0 Å². The largest absolute Gasteiger partial charge is 0.350 e. The first kappa shape index (κ1) is 22.0. The molecule has 1 aromatic carbocycles. The van der Waals surface area contributed by atoms with Crippen LogP contribution >= 0.6 is 0 Å². The van der Waals surface area contributed by atoms with E-state index in [1.54, 1.807) is 4.90 Å². The number of aromatic nitrogens is 1. The van der Waals surface area contributed by atoms with Crippen LogP contribution < -0.4 is 10.2 Å². The summed E-state index contributed by atoms with van der Waals surface area (Å²) in [6.07, 6.45) is 4.18. The predicted molar refractivity (Wildman–Crippen MR) is 115 cm³/mol. The Labute approximate surface area is 177 Å². The Morgan fingerprint density at radius 2 is 1.93 bits per heavy atom. The molecule has 2 N–H and O–H groups in total. The number of amides is 2. The summed E-state index contributed by atoms with van der Waals surface area (Å²) in [6.45, 7) is 7.07. The van der Waals surface area contributed by atoms with Crippen molar-refractivity contribution in [1.82, 2.24) is 9.47 Å². The van der Waals surface area contributed by atoms with Crippen LogP contribution in [-0.4, -0.2) is 46.5 Å². The third kappa shape index (κ3) is 5.27. The number of nitrogens with one attached hydrogen (secondary N) is 2. The molecule has 0 saturated carbocycles. The van der Waals surface area contributed by atoms with E-state index in [1.165, 1.54) is 34.9 Å². The lowest BCUT2D eigenvalue weighted by Gasteiger charge is -2.36. The van der Waals surface area contributed by atoms with E-state index in [4.69, 9.17) is 0 Å². The molecule has 3 rings (SSSR count). The topological polar surface area (TPSA) is 58.8 Å². The van der Waals surface area contributed by atoms with Crippen molar-refractivity contribution in [3.8, 4) is 0 Å². The van der Waals surface area contributed by atoms with Gasteiger partial charge in [0.1, 0.15) is 18.4 Å². The maximum absolute atomic E-state index is 13.2. The Morgan fingerprint density at radius 1 is 1.23 bits per heavy atom. The van der Waals surface area contributed by atoms with E-state index in [1.807, 2.05) is 40.1 Å². The predicted octanol–water partition coefficient (Wildman–Crippen LogP) is 2.15. The molecule has 1 aliphatic heterocycles. The summed E-state index contributed by atoms with van der Waals surface area (Å²) in [4.78, 5) is 28.7. The van der Waals surface area contributed by atoms with Crippen LogP contribution in [0, 0.1) is 5.82 Å². The van der Waals surface area contributed by atoms with E-state index in [0.29, 0.717) is 18.3 Å². The van der Waals surface area contributed by atoms with Gasteiger partial charge >= 0.3 is 0 Å². The molecule has 0 radical (unpaired) electrons. The number of quaternary nitrogens is 1. The molecule has 2 amide bonds. The standard InChI is InChI=1S/C23H31FN4O2/c1-23(2,3)28(15-21(29)25-18-11-9-17(24)10-12-18)22(30)16-27-14-6-8-20(27)19-7-5-13-26(19)4/h5,7,9-13,20H,6,8,14-16H2,1-4H3,(H,25,29)/p+1/t20-/m1/s1. The van der Waals surface area contributed by atoms with Gasteiger partial charge in [-0.2, -0.15) is 0 Å². The first-order valence-electron chi connectivity index (χ1n) is 10.5. The highest BCUT2D eigenvalue weighted by molar-refractivity contribution is 5.94. The molecule has 0 bridgehead atoms. The van der Waals surface area contributed by atoms with Gasteiger partial charge in [0.15, 0.2) is 6.54 Å². The van der Waals surface area contributed by atoms with Gasteiger partial charge in [-0.05, 0) is 57.2 Å². The zero-order valence-electron chi connectivity index (χ0n) is 18.2. The lowest BCUT2D eigenvalue weighted by atomic mass is 10.1. The molecule has 0 spiro atoms. The van der Waals surface area contributed by atoms with Crippen molar-refractivity contribution in [2.24, 2.45) is 7.05 Å². The Balaban J connectivity index is 1.67. The SMILES string of the molecule is Cn1cccc1[C@H]1CCC[NH+]1CC(=O)N(CC(=O)Nc1ccc(F)cc1)C(C)(C)C. The number of likely N-dealkylation sites (tertiary alicyclic amines) is 1. The molecular formula is C23H32FN4O2+. The van der Waals surface area contributed by atoms with Crippen molar-refractivity contribution < 1.29 is 18.9 Å². The van der Waals surface area contributed by atoms with E-state index < -0.39 is 5.54 Å². The van der Waals surface area contributed by atoms with Gasteiger partial charge in [0.25, 0.3) is 5.91 Å². The number of hydrogen-bond acceptors (Lipinski definition) is 2. The quantitative estimate of drug-likeness (QED) is 0.760. The van der Waals surface area contributed by atoms with Crippen molar-refractivity contribution in [2.75, 3.05) is 25.0 Å². The van der Waals surface area contributed by atoms with Crippen LogP contribution in [0.4, 0.5) is 10.1 Å². The molecule has 6 nitrogen and oxygen atoms in total. The second-order valence-corrected chi connectivity index (χ2v) is 9.03. The van der Waals surface area contributed by atoms with Crippen molar-refractivity contribution >= 4 is 17.5 Å². The molecule has 7 heteroatoms. The average molecular weight is 416 g/mol. The summed E-state index contributed by atoms with van der Waals surface area (Å²) in [7, 11) is 2.04. The van der Waals surface area contributed by atoms with E-state index in [9.17, 15) is 14.0 Å².